The molecular weight excluding hydrogens is 246 g/mol. The minimum absolute atomic E-state index is 0.540. The van der Waals surface area contributed by atoms with E-state index in [1.54, 1.807) is 0 Å². The van der Waals surface area contributed by atoms with Gasteiger partial charge in [0.25, 0.3) is 0 Å². The average molecular weight is 264 g/mol. The van der Waals surface area contributed by atoms with E-state index in [1.807, 2.05) is 35.1 Å². The van der Waals surface area contributed by atoms with Gasteiger partial charge in [-0.15, -0.1) is 0 Å². The third-order valence-corrected chi connectivity index (χ3v) is 3.39. The Kier molecular flexibility index (Phi) is 4.39. The van der Waals surface area contributed by atoms with E-state index in [1.165, 1.54) is 5.69 Å². The molecular formula is C14H18ClN3. The van der Waals surface area contributed by atoms with Crippen molar-refractivity contribution in [2.75, 3.05) is 0 Å². The van der Waals surface area contributed by atoms with Crippen molar-refractivity contribution in [3.63, 3.8) is 0 Å². The summed E-state index contributed by atoms with van der Waals surface area (Å²) < 4.78 is 2.01. The lowest BCUT2D eigenvalue weighted by Crippen LogP contribution is -2.09. The second kappa shape index (κ2) is 6.03. The molecule has 0 bridgehead atoms. The molecule has 0 radical (unpaired) electrons. The molecule has 0 fully saturated rings. The predicted molar refractivity (Wildman–Crippen MR) is 74.7 cm³/mol. The number of rotatable bonds is 5. The van der Waals surface area contributed by atoms with Gasteiger partial charge in [0.2, 0.25) is 0 Å². The minimum atomic E-state index is 0.540. The van der Waals surface area contributed by atoms with Crippen molar-refractivity contribution >= 4 is 11.6 Å². The minimum Gasteiger partial charge on any atom is -0.326 e. The van der Waals surface area contributed by atoms with Crippen molar-refractivity contribution < 1.29 is 0 Å². The molecule has 0 atom stereocenters. The average Bonchev–Trinajstić information content (AvgIpc) is 2.75. The van der Waals surface area contributed by atoms with Crippen LogP contribution in [0.5, 0.6) is 0 Å². The predicted octanol–water partition coefficient (Wildman–Crippen LogP) is 3.00. The van der Waals surface area contributed by atoms with E-state index >= 15 is 0 Å². The zero-order valence-electron chi connectivity index (χ0n) is 10.6. The Labute approximate surface area is 113 Å². The van der Waals surface area contributed by atoms with E-state index in [2.05, 4.69) is 12.0 Å². The van der Waals surface area contributed by atoms with Crippen molar-refractivity contribution in [1.29, 1.82) is 0 Å². The Morgan fingerprint density at radius 1 is 1.28 bits per heavy atom. The Morgan fingerprint density at radius 3 is 2.72 bits per heavy atom. The number of nitrogens with zero attached hydrogens (tertiary/aromatic N) is 2. The lowest BCUT2D eigenvalue weighted by Gasteiger charge is -2.09. The first-order valence-electron chi connectivity index (χ1n) is 6.23. The van der Waals surface area contributed by atoms with E-state index in [9.17, 15) is 0 Å². The Hall–Kier alpha value is -1.32. The first-order chi connectivity index (χ1) is 8.76. The van der Waals surface area contributed by atoms with Crippen molar-refractivity contribution in [2.45, 2.75) is 32.9 Å². The number of halogens is 1. The lowest BCUT2D eigenvalue weighted by atomic mass is 10.1. The quantitative estimate of drug-likeness (QED) is 0.901. The van der Waals surface area contributed by atoms with E-state index in [-0.39, 0.29) is 0 Å². The molecule has 0 spiro atoms. The highest BCUT2D eigenvalue weighted by Crippen LogP contribution is 2.18. The van der Waals surface area contributed by atoms with Crippen molar-refractivity contribution in [2.24, 2.45) is 5.73 Å². The Balaban J connectivity index is 2.29. The van der Waals surface area contributed by atoms with Crippen molar-refractivity contribution in [1.82, 2.24) is 9.78 Å². The molecule has 0 aliphatic rings. The molecule has 2 rings (SSSR count). The van der Waals surface area contributed by atoms with Gasteiger partial charge in [-0.05, 0) is 18.1 Å². The van der Waals surface area contributed by atoms with Gasteiger partial charge in [0.15, 0.2) is 0 Å². The van der Waals surface area contributed by atoms with Crippen LogP contribution in [0, 0.1) is 0 Å². The van der Waals surface area contributed by atoms with Gasteiger partial charge >= 0.3 is 0 Å². The van der Waals surface area contributed by atoms with Gasteiger partial charge in [0.1, 0.15) is 0 Å². The molecule has 4 heteroatoms. The summed E-state index contributed by atoms with van der Waals surface area (Å²) in [4.78, 5) is 0. The fourth-order valence-corrected chi connectivity index (χ4v) is 2.27. The summed E-state index contributed by atoms with van der Waals surface area (Å²) in [6, 6.07) is 7.87. The second-order valence-electron chi connectivity index (χ2n) is 4.32. The molecule has 1 aromatic carbocycles. The normalized spacial score (nSPS) is 10.8. The first kappa shape index (κ1) is 13.1. The lowest BCUT2D eigenvalue weighted by molar-refractivity contribution is 0.635. The molecule has 0 saturated heterocycles. The molecule has 0 aliphatic carbocycles. The van der Waals surface area contributed by atoms with Crippen LogP contribution in [0.2, 0.25) is 5.02 Å². The summed E-state index contributed by atoms with van der Waals surface area (Å²) in [7, 11) is 0. The monoisotopic (exact) mass is 263 g/mol. The van der Waals surface area contributed by atoms with Gasteiger partial charge in [0, 0.05) is 22.8 Å². The third kappa shape index (κ3) is 2.74. The number of benzene rings is 1. The maximum absolute atomic E-state index is 6.18. The van der Waals surface area contributed by atoms with Crippen LogP contribution in [0.3, 0.4) is 0 Å². The standard InChI is InChI=1S/C14H18ClN3/c1-2-5-14-12(8-16)9-17-18(14)10-11-6-3-4-7-13(11)15/h3-4,6-7,9H,2,5,8,10,16H2,1H3. The molecule has 2 aromatic rings. The number of hydrogen-bond acceptors (Lipinski definition) is 2. The van der Waals surface area contributed by atoms with E-state index < -0.39 is 0 Å². The number of aromatic nitrogens is 2. The second-order valence-corrected chi connectivity index (χ2v) is 4.73. The molecule has 1 heterocycles. The molecule has 1 aromatic heterocycles. The number of hydrogen-bond donors (Lipinski definition) is 1. The first-order valence-corrected chi connectivity index (χ1v) is 6.61. The summed E-state index contributed by atoms with van der Waals surface area (Å²) >= 11 is 6.18. The van der Waals surface area contributed by atoms with Gasteiger partial charge in [-0.2, -0.15) is 5.10 Å². The molecule has 0 saturated carbocycles. The van der Waals surface area contributed by atoms with Crippen LogP contribution in [0.25, 0.3) is 0 Å². The fraction of sp³-hybridized carbons (Fsp3) is 0.357. The van der Waals surface area contributed by atoms with Gasteiger partial charge in [0.05, 0.1) is 12.7 Å². The molecule has 96 valence electrons. The van der Waals surface area contributed by atoms with Gasteiger partial charge < -0.3 is 5.73 Å². The van der Waals surface area contributed by atoms with Crippen LogP contribution in [0.4, 0.5) is 0 Å². The van der Waals surface area contributed by atoms with Crippen LogP contribution in [-0.2, 0) is 19.5 Å². The maximum atomic E-state index is 6.18. The highest BCUT2D eigenvalue weighted by molar-refractivity contribution is 6.31. The van der Waals surface area contributed by atoms with Crippen LogP contribution >= 0.6 is 11.6 Å². The van der Waals surface area contributed by atoms with Gasteiger partial charge in [-0.1, -0.05) is 43.1 Å². The summed E-state index contributed by atoms with van der Waals surface area (Å²) in [6.45, 7) is 3.40. The molecule has 0 amide bonds. The third-order valence-electron chi connectivity index (χ3n) is 3.02. The highest BCUT2D eigenvalue weighted by atomic mass is 35.5. The summed E-state index contributed by atoms with van der Waals surface area (Å²) in [5, 5.41) is 5.20. The van der Waals surface area contributed by atoms with Gasteiger partial charge in [-0.3, -0.25) is 4.68 Å². The van der Waals surface area contributed by atoms with E-state index in [4.69, 9.17) is 17.3 Å². The maximum Gasteiger partial charge on any atom is 0.0677 e. The van der Waals surface area contributed by atoms with E-state index in [0.717, 1.165) is 29.0 Å². The van der Waals surface area contributed by atoms with Crippen LogP contribution < -0.4 is 5.73 Å². The topological polar surface area (TPSA) is 43.8 Å². The molecule has 0 aliphatic heterocycles. The molecule has 0 unspecified atom stereocenters. The largest absolute Gasteiger partial charge is 0.326 e. The van der Waals surface area contributed by atoms with Crippen LogP contribution in [0.15, 0.2) is 30.5 Å². The molecule has 2 N–H and O–H groups in total. The van der Waals surface area contributed by atoms with Crippen LogP contribution in [-0.4, -0.2) is 9.78 Å². The Bertz CT molecular complexity index is 520. The SMILES string of the molecule is CCCc1c(CN)cnn1Cc1ccccc1Cl. The zero-order valence-corrected chi connectivity index (χ0v) is 11.3. The van der Waals surface area contributed by atoms with Crippen molar-refractivity contribution in [3.05, 3.63) is 52.3 Å². The summed E-state index contributed by atoms with van der Waals surface area (Å²) in [5.41, 5.74) is 9.18. The fourth-order valence-electron chi connectivity index (χ4n) is 2.07. The highest BCUT2D eigenvalue weighted by Gasteiger charge is 2.10. The van der Waals surface area contributed by atoms with Crippen molar-refractivity contribution in [3.8, 4) is 0 Å². The Morgan fingerprint density at radius 2 is 2.06 bits per heavy atom. The molecule has 18 heavy (non-hydrogen) atoms. The molecule has 3 nitrogen and oxygen atoms in total. The smallest absolute Gasteiger partial charge is 0.0677 e. The van der Waals surface area contributed by atoms with E-state index in [0.29, 0.717) is 13.1 Å². The summed E-state index contributed by atoms with van der Waals surface area (Å²) in [6.07, 6.45) is 3.94. The summed E-state index contributed by atoms with van der Waals surface area (Å²) in [5.74, 6) is 0. The van der Waals surface area contributed by atoms with Crippen LogP contribution in [0.1, 0.15) is 30.2 Å². The number of nitrogens with two attached hydrogens (primary N) is 1. The van der Waals surface area contributed by atoms with Gasteiger partial charge in [-0.25, -0.2) is 0 Å². The zero-order chi connectivity index (χ0) is 13.0.